The molecule has 1 aromatic rings. The van der Waals surface area contributed by atoms with Gasteiger partial charge in [0.15, 0.2) is 0 Å². The van der Waals surface area contributed by atoms with Crippen molar-refractivity contribution in [3.8, 4) is 0 Å². The molecule has 0 fully saturated rings. The van der Waals surface area contributed by atoms with E-state index >= 15 is 0 Å². The smallest absolute Gasteiger partial charge is 0.240 e. The molecule has 0 aliphatic rings. The lowest BCUT2D eigenvalue weighted by molar-refractivity contribution is 0.0649. The molecule has 1 aromatic carbocycles. The third-order valence-electron chi connectivity index (χ3n) is 3.19. The lowest BCUT2D eigenvalue weighted by Crippen LogP contribution is -2.39. The predicted molar refractivity (Wildman–Crippen MR) is 76.8 cm³/mol. The first-order valence-corrected chi connectivity index (χ1v) is 7.59. The zero-order valence-corrected chi connectivity index (χ0v) is 12.8. The Morgan fingerprint density at radius 3 is 2.37 bits per heavy atom. The first-order chi connectivity index (χ1) is 8.58. The van der Waals surface area contributed by atoms with Gasteiger partial charge in [0.1, 0.15) is 0 Å². The van der Waals surface area contributed by atoms with Crippen LogP contribution in [0.2, 0.25) is 0 Å². The van der Waals surface area contributed by atoms with E-state index in [1.54, 1.807) is 39.0 Å². The van der Waals surface area contributed by atoms with Gasteiger partial charge in [0, 0.05) is 5.69 Å². The van der Waals surface area contributed by atoms with Crippen LogP contribution in [0.4, 0.5) is 5.69 Å². The van der Waals surface area contributed by atoms with Crippen molar-refractivity contribution < 1.29 is 13.5 Å². The van der Waals surface area contributed by atoms with Crippen LogP contribution in [0.15, 0.2) is 23.1 Å². The number of aliphatic hydroxyl groups is 1. The van der Waals surface area contributed by atoms with Crippen LogP contribution >= 0.6 is 0 Å². The highest BCUT2D eigenvalue weighted by Gasteiger charge is 2.23. The maximum absolute atomic E-state index is 11.9. The summed E-state index contributed by atoms with van der Waals surface area (Å²) in [5.74, 6) is 0. The predicted octanol–water partition coefficient (Wildman–Crippen LogP) is 1.47. The number of sulfonamides is 1. The summed E-state index contributed by atoms with van der Waals surface area (Å²) in [6.45, 7) is 6.98. The van der Waals surface area contributed by atoms with Crippen LogP contribution in [0.1, 0.15) is 26.3 Å². The van der Waals surface area contributed by atoms with Crippen LogP contribution in [0.5, 0.6) is 0 Å². The Kier molecular flexibility index (Phi) is 4.60. The third kappa shape index (κ3) is 3.92. The molecule has 0 bridgehead atoms. The van der Waals surface area contributed by atoms with E-state index in [0.29, 0.717) is 11.3 Å². The van der Waals surface area contributed by atoms with E-state index in [0.717, 1.165) is 0 Å². The maximum atomic E-state index is 11.9. The standard InChI is InChI=1S/C13H22N2O3S/c1-9-6-7-11(15-10(2)13(3,4)16)8-12(9)19(17,18)14-5/h6-8,10,14-16H,1-5H3. The molecule has 1 unspecified atom stereocenters. The molecule has 3 N–H and O–H groups in total. The largest absolute Gasteiger partial charge is 0.388 e. The Morgan fingerprint density at radius 1 is 1.32 bits per heavy atom. The molecule has 1 rings (SSSR count). The second-order valence-corrected chi connectivity index (χ2v) is 7.06. The van der Waals surface area contributed by atoms with E-state index in [2.05, 4.69) is 10.0 Å². The van der Waals surface area contributed by atoms with Gasteiger partial charge < -0.3 is 10.4 Å². The fourth-order valence-electron chi connectivity index (χ4n) is 1.52. The highest BCUT2D eigenvalue weighted by molar-refractivity contribution is 7.89. The van der Waals surface area contributed by atoms with Crippen LogP contribution in [-0.2, 0) is 10.0 Å². The monoisotopic (exact) mass is 286 g/mol. The first kappa shape index (κ1) is 15.9. The summed E-state index contributed by atoms with van der Waals surface area (Å²) >= 11 is 0. The molecular weight excluding hydrogens is 264 g/mol. The van der Waals surface area contributed by atoms with Crippen molar-refractivity contribution in [1.29, 1.82) is 0 Å². The summed E-state index contributed by atoms with van der Waals surface area (Å²) in [6, 6.07) is 4.90. The van der Waals surface area contributed by atoms with Crippen LogP contribution in [0.3, 0.4) is 0 Å². The van der Waals surface area contributed by atoms with Gasteiger partial charge in [-0.25, -0.2) is 13.1 Å². The minimum absolute atomic E-state index is 0.208. The fraction of sp³-hybridized carbons (Fsp3) is 0.538. The van der Waals surface area contributed by atoms with E-state index in [1.165, 1.54) is 7.05 Å². The molecule has 0 aromatic heterocycles. The Hall–Kier alpha value is -1.11. The van der Waals surface area contributed by atoms with E-state index in [-0.39, 0.29) is 10.9 Å². The molecule has 0 radical (unpaired) electrons. The van der Waals surface area contributed by atoms with E-state index < -0.39 is 15.6 Å². The molecule has 0 aliphatic carbocycles. The van der Waals surface area contributed by atoms with E-state index in [9.17, 15) is 13.5 Å². The normalized spacial score (nSPS) is 14.2. The summed E-state index contributed by atoms with van der Waals surface area (Å²) < 4.78 is 26.0. The molecule has 6 heteroatoms. The second-order valence-electron chi connectivity index (χ2n) is 5.21. The number of hydrogen-bond donors (Lipinski definition) is 3. The molecule has 5 nitrogen and oxygen atoms in total. The molecular formula is C13H22N2O3S. The van der Waals surface area contributed by atoms with Gasteiger partial charge in [-0.3, -0.25) is 0 Å². The lowest BCUT2D eigenvalue weighted by Gasteiger charge is -2.28. The van der Waals surface area contributed by atoms with Crippen LogP contribution in [0.25, 0.3) is 0 Å². The molecule has 108 valence electrons. The van der Waals surface area contributed by atoms with Gasteiger partial charge in [-0.2, -0.15) is 0 Å². The SMILES string of the molecule is CNS(=O)(=O)c1cc(NC(C)C(C)(C)O)ccc1C. The van der Waals surface area contributed by atoms with Gasteiger partial charge in [0.05, 0.1) is 16.5 Å². The van der Waals surface area contributed by atoms with Gasteiger partial charge in [-0.05, 0) is 52.4 Å². The lowest BCUT2D eigenvalue weighted by atomic mass is 10.0. The summed E-state index contributed by atoms with van der Waals surface area (Å²) in [6.07, 6.45) is 0. The zero-order valence-electron chi connectivity index (χ0n) is 12.0. The average molecular weight is 286 g/mol. The van der Waals surface area contributed by atoms with Crippen molar-refractivity contribution in [2.45, 2.75) is 44.2 Å². The summed E-state index contributed by atoms with van der Waals surface area (Å²) in [5.41, 5.74) is 0.442. The number of benzene rings is 1. The van der Waals surface area contributed by atoms with Gasteiger partial charge in [-0.1, -0.05) is 6.07 Å². The van der Waals surface area contributed by atoms with Crippen molar-refractivity contribution in [2.75, 3.05) is 12.4 Å². The summed E-state index contributed by atoms with van der Waals surface area (Å²) in [5, 5.41) is 13.0. The summed E-state index contributed by atoms with van der Waals surface area (Å²) in [4.78, 5) is 0.239. The van der Waals surface area contributed by atoms with Crippen LogP contribution in [-0.4, -0.2) is 32.2 Å². The molecule has 0 spiro atoms. The zero-order chi connectivity index (χ0) is 14.8. The van der Waals surface area contributed by atoms with Crippen LogP contribution in [0, 0.1) is 6.92 Å². The maximum Gasteiger partial charge on any atom is 0.240 e. The van der Waals surface area contributed by atoms with E-state index in [4.69, 9.17) is 0 Å². The molecule has 0 amide bonds. The van der Waals surface area contributed by atoms with Gasteiger partial charge in [0.25, 0.3) is 0 Å². The number of aryl methyl sites for hydroxylation is 1. The molecule has 0 heterocycles. The van der Waals surface area contributed by atoms with Crippen molar-refractivity contribution in [1.82, 2.24) is 4.72 Å². The molecule has 0 aliphatic heterocycles. The van der Waals surface area contributed by atoms with Gasteiger partial charge in [0.2, 0.25) is 10.0 Å². The van der Waals surface area contributed by atoms with Gasteiger partial charge >= 0.3 is 0 Å². The molecule has 0 saturated heterocycles. The summed E-state index contributed by atoms with van der Waals surface area (Å²) in [7, 11) is -2.09. The third-order valence-corrected chi connectivity index (χ3v) is 4.75. The molecule has 1 atom stereocenters. The molecule has 0 saturated carbocycles. The average Bonchev–Trinajstić information content (AvgIpc) is 2.30. The Bertz CT molecular complexity index is 547. The Morgan fingerprint density at radius 2 is 1.89 bits per heavy atom. The highest BCUT2D eigenvalue weighted by Crippen LogP contribution is 2.22. The second kappa shape index (κ2) is 5.48. The number of nitrogens with one attached hydrogen (secondary N) is 2. The van der Waals surface area contributed by atoms with Crippen molar-refractivity contribution in [3.63, 3.8) is 0 Å². The van der Waals surface area contributed by atoms with E-state index in [1.807, 2.05) is 6.92 Å². The molecule has 19 heavy (non-hydrogen) atoms. The van der Waals surface area contributed by atoms with Gasteiger partial charge in [-0.15, -0.1) is 0 Å². The van der Waals surface area contributed by atoms with Crippen molar-refractivity contribution in [2.24, 2.45) is 0 Å². The minimum atomic E-state index is -3.48. The van der Waals surface area contributed by atoms with Crippen molar-refractivity contribution >= 4 is 15.7 Å². The highest BCUT2D eigenvalue weighted by atomic mass is 32.2. The quantitative estimate of drug-likeness (QED) is 0.766. The Balaban J connectivity index is 3.11. The first-order valence-electron chi connectivity index (χ1n) is 6.11. The van der Waals surface area contributed by atoms with Crippen LogP contribution < -0.4 is 10.0 Å². The minimum Gasteiger partial charge on any atom is -0.388 e. The topological polar surface area (TPSA) is 78.4 Å². The van der Waals surface area contributed by atoms with Crippen molar-refractivity contribution in [3.05, 3.63) is 23.8 Å². The Labute approximate surface area is 115 Å². The number of anilines is 1. The number of rotatable bonds is 5. The fourth-order valence-corrected chi connectivity index (χ4v) is 2.51. The number of hydrogen-bond acceptors (Lipinski definition) is 4.